The molecule has 0 amide bonds. The second-order valence-electron chi connectivity index (χ2n) is 3.60. The Morgan fingerprint density at radius 2 is 2.27 bits per heavy atom. The van der Waals surface area contributed by atoms with Crippen molar-refractivity contribution in [2.75, 3.05) is 5.32 Å². The van der Waals surface area contributed by atoms with E-state index in [1.807, 2.05) is 0 Å². The van der Waals surface area contributed by atoms with E-state index >= 15 is 0 Å². The predicted molar refractivity (Wildman–Crippen MR) is 56.5 cm³/mol. The lowest BCUT2D eigenvalue weighted by molar-refractivity contribution is -0.137. The third-order valence-electron chi connectivity index (χ3n) is 2.07. The molecule has 3 nitrogen and oxygen atoms in total. The molecule has 1 atom stereocenters. The molecule has 0 bridgehead atoms. The molecule has 0 aromatic heterocycles. The van der Waals surface area contributed by atoms with E-state index in [2.05, 4.69) is 5.32 Å². The average molecular weight is 211 g/mol. The lowest BCUT2D eigenvalue weighted by Crippen LogP contribution is -2.19. The van der Waals surface area contributed by atoms with E-state index in [0.29, 0.717) is 0 Å². The standard InChI is InChI=1S/C11H14FNO2/c1-7-5-9(12)3-4-10(7)13-8(2)6-11(14)15/h3-5,8,13H,6H2,1-2H3,(H,14,15). The van der Waals surface area contributed by atoms with Gasteiger partial charge >= 0.3 is 5.97 Å². The number of hydrogen-bond donors (Lipinski definition) is 2. The van der Waals surface area contributed by atoms with Gasteiger partial charge in [0.25, 0.3) is 0 Å². The lowest BCUT2D eigenvalue weighted by Gasteiger charge is -2.15. The molecule has 0 saturated carbocycles. The maximum absolute atomic E-state index is 12.8. The molecular formula is C11H14FNO2. The van der Waals surface area contributed by atoms with Crippen LogP contribution in [0.5, 0.6) is 0 Å². The summed E-state index contributed by atoms with van der Waals surface area (Å²) in [6, 6.07) is 4.20. The highest BCUT2D eigenvalue weighted by Crippen LogP contribution is 2.17. The van der Waals surface area contributed by atoms with E-state index in [0.717, 1.165) is 11.3 Å². The minimum absolute atomic E-state index is 0.0385. The van der Waals surface area contributed by atoms with Gasteiger partial charge in [-0.3, -0.25) is 4.79 Å². The van der Waals surface area contributed by atoms with Crippen LogP contribution in [0.1, 0.15) is 18.9 Å². The first-order valence-electron chi connectivity index (χ1n) is 4.73. The molecule has 4 heteroatoms. The van der Waals surface area contributed by atoms with Gasteiger partial charge < -0.3 is 10.4 Å². The normalized spacial score (nSPS) is 12.2. The van der Waals surface area contributed by atoms with Gasteiger partial charge in [0.05, 0.1) is 6.42 Å². The zero-order valence-corrected chi connectivity index (χ0v) is 8.75. The number of carboxylic acids is 1. The molecule has 0 saturated heterocycles. The molecule has 0 spiro atoms. The molecule has 15 heavy (non-hydrogen) atoms. The van der Waals surface area contributed by atoms with Gasteiger partial charge in [-0.1, -0.05) is 0 Å². The van der Waals surface area contributed by atoms with Crippen molar-refractivity contribution in [2.45, 2.75) is 26.3 Å². The SMILES string of the molecule is Cc1cc(F)ccc1NC(C)CC(=O)O. The maximum Gasteiger partial charge on any atom is 0.305 e. The first-order chi connectivity index (χ1) is 6.99. The van der Waals surface area contributed by atoms with E-state index < -0.39 is 5.97 Å². The molecule has 0 heterocycles. The maximum atomic E-state index is 12.8. The van der Waals surface area contributed by atoms with Crippen molar-refractivity contribution < 1.29 is 14.3 Å². The highest BCUT2D eigenvalue weighted by atomic mass is 19.1. The third-order valence-corrected chi connectivity index (χ3v) is 2.07. The molecule has 0 aliphatic carbocycles. The highest BCUT2D eigenvalue weighted by Gasteiger charge is 2.08. The van der Waals surface area contributed by atoms with E-state index in [9.17, 15) is 9.18 Å². The van der Waals surface area contributed by atoms with E-state index in [4.69, 9.17) is 5.11 Å². The Morgan fingerprint density at radius 1 is 1.60 bits per heavy atom. The molecule has 2 N–H and O–H groups in total. The first kappa shape index (κ1) is 11.5. The Kier molecular flexibility index (Phi) is 3.66. The lowest BCUT2D eigenvalue weighted by atomic mass is 10.1. The van der Waals surface area contributed by atoms with Gasteiger partial charge in [-0.15, -0.1) is 0 Å². The number of hydrogen-bond acceptors (Lipinski definition) is 2. The van der Waals surface area contributed by atoms with Crippen LogP contribution in [0, 0.1) is 12.7 Å². The smallest absolute Gasteiger partial charge is 0.305 e. The van der Waals surface area contributed by atoms with E-state index in [1.54, 1.807) is 19.9 Å². The fourth-order valence-electron chi connectivity index (χ4n) is 1.37. The Morgan fingerprint density at radius 3 is 2.80 bits per heavy atom. The predicted octanol–water partition coefficient (Wildman–Crippen LogP) is 2.41. The topological polar surface area (TPSA) is 49.3 Å². The van der Waals surface area contributed by atoms with Crippen LogP contribution in [0.25, 0.3) is 0 Å². The number of rotatable bonds is 4. The number of halogens is 1. The molecule has 1 unspecified atom stereocenters. The Hall–Kier alpha value is -1.58. The number of nitrogens with one attached hydrogen (secondary N) is 1. The van der Waals surface area contributed by atoms with Crippen LogP contribution in [0.2, 0.25) is 0 Å². The van der Waals surface area contributed by atoms with Crippen molar-refractivity contribution in [1.29, 1.82) is 0 Å². The molecule has 0 radical (unpaired) electrons. The van der Waals surface area contributed by atoms with Crippen molar-refractivity contribution in [1.82, 2.24) is 0 Å². The summed E-state index contributed by atoms with van der Waals surface area (Å²) in [6.07, 6.45) is 0.0385. The molecule has 0 aliphatic heterocycles. The van der Waals surface area contributed by atoms with Crippen LogP contribution < -0.4 is 5.32 Å². The number of benzene rings is 1. The van der Waals surface area contributed by atoms with Gasteiger partial charge in [0, 0.05) is 11.7 Å². The van der Waals surface area contributed by atoms with Crippen LogP contribution in [0.4, 0.5) is 10.1 Å². The number of carbonyl (C=O) groups is 1. The van der Waals surface area contributed by atoms with Crippen molar-refractivity contribution in [3.63, 3.8) is 0 Å². The number of anilines is 1. The molecule has 1 aromatic carbocycles. The molecule has 0 fully saturated rings. The third kappa shape index (κ3) is 3.58. The molecule has 1 aromatic rings. The zero-order valence-electron chi connectivity index (χ0n) is 8.75. The second kappa shape index (κ2) is 4.77. The van der Waals surface area contributed by atoms with E-state index in [-0.39, 0.29) is 18.3 Å². The summed E-state index contributed by atoms with van der Waals surface area (Å²) >= 11 is 0. The van der Waals surface area contributed by atoms with Gasteiger partial charge in [0.15, 0.2) is 0 Å². The molecule has 0 aliphatic rings. The van der Waals surface area contributed by atoms with Crippen molar-refractivity contribution in [3.05, 3.63) is 29.6 Å². The second-order valence-corrected chi connectivity index (χ2v) is 3.60. The van der Waals surface area contributed by atoms with Crippen molar-refractivity contribution >= 4 is 11.7 Å². The van der Waals surface area contributed by atoms with Gasteiger partial charge in [-0.2, -0.15) is 0 Å². The summed E-state index contributed by atoms with van der Waals surface area (Å²) < 4.78 is 12.8. The van der Waals surface area contributed by atoms with Gasteiger partial charge in [0.2, 0.25) is 0 Å². The summed E-state index contributed by atoms with van der Waals surface area (Å²) in [5, 5.41) is 11.6. The fourth-order valence-corrected chi connectivity index (χ4v) is 1.37. The number of carboxylic acid groups (broad SMARTS) is 1. The van der Waals surface area contributed by atoms with Gasteiger partial charge in [0.1, 0.15) is 5.82 Å². The monoisotopic (exact) mass is 211 g/mol. The van der Waals surface area contributed by atoms with Crippen molar-refractivity contribution in [2.24, 2.45) is 0 Å². The Labute approximate surface area is 87.9 Å². The summed E-state index contributed by atoms with van der Waals surface area (Å²) in [4.78, 5) is 10.4. The molecule has 82 valence electrons. The van der Waals surface area contributed by atoms with Crippen LogP contribution in [0.15, 0.2) is 18.2 Å². The van der Waals surface area contributed by atoms with Crippen LogP contribution in [0.3, 0.4) is 0 Å². The first-order valence-corrected chi connectivity index (χ1v) is 4.73. The average Bonchev–Trinajstić information content (AvgIpc) is 2.08. The fraction of sp³-hybridized carbons (Fsp3) is 0.364. The summed E-state index contributed by atoms with van der Waals surface area (Å²) in [7, 11) is 0. The van der Waals surface area contributed by atoms with Crippen LogP contribution in [-0.4, -0.2) is 17.1 Å². The molecular weight excluding hydrogens is 197 g/mol. The summed E-state index contributed by atoms with van der Waals surface area (Å²) in [5.41, 5.74) is 1.54. The molecule has 1 rings (SSSR count). The quantitative estimate of drug-likeness (QED) is 0.804. The summed E-state index contributed by atoms with van der Waals surface area (Å²) in [5.74, 6) is -1.14. The van der Waals surface area contributed by atoms with Crippen LogP contribution in [-0.2, 0) is 4.79 Å². The summed E-state index contributed by atoms with van der Waals surface area (Å²) in [6.45, 7) is 3.55. The highest BCUT2D eigenvalue weighted by molar-refractivity contribution is 5.68. The number of aryl methyl sites for hydroxylation is 1. The van der Waals surface area contributed by atoms with E-state index in [1.165, 1.54) is 12.1 Å². The zero-order chi connectivity index (χ0) is 11.4. The Bertz CT molecular complexity index is 366. The van der Waals surface area contributed by atoms with Gasteiger partial charge in [-0.05, 0) is 37.6 Å². The van der Waals surface area contributed by atoms with Gasteiger partial charge in [-0.25, -0.2) is 4.39 Å². The number of aliphatic carboxylic acids is 1. The Balaban J connectivity index is 2.68. The van der Waals surface area contributed by atoms with Crippen molar-refractivity contribution in [3.8, 4) is 0 Å². The van der Waals surface area contributed by atoms with Crippen LogP contribution >= 0.6 is 0 Å². The largest absolute Gasteiger partial charge is 0.481 e. The minimum atomic E-state index is -0.852. The minimum Gasteiger partial charge on any atom is -0.481 e.